The maximum atomic E-state index is 4.39. The maximum Gasteiger partial charge on any atom is 0.0842 e. The summed E-state index contributed by atoms with van der Waals surface area (Å²) in [5, 5.41) is 4.72. The molecule has 3 heterocycles. The summed E-state index contributed by atoms with van der Waals surface area (Å²) in [5.41, 5.74) is 5.52. The van der Waals surface area contributed by atoms with E-state index in [0.29, 0.717) is 0 Å². The van der Waals surface area contributed by atoms with Crippen LogP contribution >= 0.6 is 27.3 Å². The zero-order chi connectivity index (χ0) is 14.4. The predicted molar refractivity (Wildman–Crippen MR) is 93.6 cm³/mol. The topological polar surface area (TPSA) is 40.7 Å². The maximum absolute atomic E-state index is 4.39. The third-order valence-electron chi connectivity index (χ3n) is 3.42. The highest BCUT2D eigenvalue weighted by Gasteiger charge is 2.07. The molecule has 1 aromatic carbocycles. The number of hydrogen-bond acceptors (Lipinski definition) is 3. The molecule has 21 heavy (non-hydrogen) atoms. The molecule has 0 fully saturated rings. The summed E-state index contributed by atoms with van der Waals surface area (Å²) in [6.07, 6.45) is 1.84. The summed E-state index contributed by atoms with van der Waals surface area (Å²) in [5.74, 6) is 0. The Hall–Kier alpha value is -1.85. The number of benzene rings is 1. The summed E-state index contributed by atoms with van der Waals surface area (Å²) in [6.45, 7) is 2.07. The van der Waals surface area contributed by atoms with Gasteiger partial charge in [-0.15, -0.1) is 11.3 Å². The molecule has 0 radical (unpaired) electrons. The van der Waals surface area contributed by atoms with Crippen molar-refractivity contribution in [1.82, 2.24) is 9.97 Å². The van der Waals surface area contributed by atoms with Gasteiger partial charge in [0.05, 0.1) is 19.7 Å². The van der Waals surface area contributed by atoms with E-state index in [1.54, 1.807) is 11.3 Å². The first-order valence-corrected chi connectivity index (χ1v) is 8.20. The zero-order valence-corrected chi connectivity index (χ0v) is 13.7. The SMILES string of the molecule is Cc1cc2cc(Nc3ccnc4cc(Br)sc34)ccc2[nH]1. The van der Waals surface area contributed by atoms with E-state index in [9.17, 15) is 0 Å². The molecule has 4 rings (SSSR count). The van der Waals surface area contributed by atoms with Crippen molar-refractivity contribution >= 4 is 59.8 Å². The lowest BCUT2D eigenvalue weighted by Gasteiger charge is -2.07. The Labute approximate surface area is 134 Å². The van der Waals surface area contributed by atoms with Crippen LogP contribution in [0.5, 0.6) is 0 Å². The minimum Gasteiger partial charge on any atom is -0.359 e. The van der Waals surface area contributed by atoms with E-state index in [-0.39, 0.29) is 0 Å². The standard InChI is InChI=1S/C16H12BrN3S/c1-9-6-10-7-11(2-3-12(10)19-9)20-13-4-5-18-14-8-15(17)21-16(13)14/h2-8,19H,1H3,(H,18,20). The van der Waals surface area contributed by atoms with Crippen LogP contribution in [0.15, 0.2) is 46.4 Å². The van der Waals surface area contributed by atoms with Gasteiger partial charge < -0.3 is 10.3 Å². The summed E-state index contributed by atoms with van der Waals surface area (Å²) < 4.78 is 2.26. The molecule has 0 atom stereocenters. The van der Waals surface area contributed by atoms with E-state index in [1.165, 1.54) is 11.1 Å². The first-order valence-electron chi connectivity index (χ1n) is 6.59. The van der Waals surface area contributed by atoms with E-state index < -0.39 is 0 Å². The van der Waals surface area contributed by atoms with Crippen LogP contribution in [0.4, 0.5) is 11.4 Å². The molecule has 0 saturated heterocycles. The number of rotatable bonds is 2. The predicted octanol–water partition coefficient (Wildman–Crippen LogP) is 5.59. The Morgan fingerprint density at radius 2 is 2.10 bits per heavy atom. The number of hydrogen-bond donors (Lipinski definition) is 2. The molecule has 0 aliphatic carbocycles. The number of thiophene rings is 1. The second kappa shape index (κ2) is 4.86. The fourth-order valence-electron chi connectivity index (χ4n) is 2.52. The Morgan fingerprint density at radius 3 is 3.00 bits per heavy atom. The lowest BCUT2D eigenvalue weighted by molar-refractivity contribution is 1.30. The van der Waals surface area contributed by atoms with Crippen LogP contribution in [-0.4, -0.2) is 9.97 Å². The van der Waals surface area contributed by atoms with Crippen LogP contribution in [0.3, 0.4) is 0 Å². The number of aryl methyl sites for hydroxylation is 1. The van der Waals surface area contributed by atoms with E-state index in [0.717, 1.165) is 30.9 Å². The van der Waals surface area contributed by atoms with Gasteiger partial charge in [0.2, 0.25) is 0 Å². The first kappa shape index (κ1) is 12.9. The highest BCUT2D eigenvalue weighted by Crippen LogP contribution is 2.35. The second-order valence-electron chi connectivity index (χ2n) is 5.00. The van der Waals surface area contributed by atoms with Crippen LogP contribution < -0.4 is 5.32 Å². The average Bonchev–Trinajstić information content (AvgIpc) is 2.99. The van der Waals surface area contributed by atoms with E-state index >= 15 is 0 Å². The average molecular weight is 358 g/mol. The van der Waals surface area contributed by atoms with Crippen molar-refractivity contribution in [2.45, 2.75) is 6.92 Å². The third-order valence-corrected chi connectivity index (χ3v) is 5.08. The molecule has 0 spiro atoms. The molecule has 2 N–H and O–H groups in total. The Kier molecular flexibility index (Phi) is 2.97. The van der Waals surface area contributed by atoms with E-state index in [1.807, 2.05) is 18.3 Å². The normalized spacial score (nSPS) is 11.3. The monoisotopic (exact) mass is 357 g/mol. The summed E-state index contributed by atoms with van der Waals surface area (Å²) in [7, 11) is 0. The highest BCUT2D eigenvalue weighted by atomic mass is 79.9. The molecular formula is C16H12BrN3S. The molecule has 0 unspecified atom stereocenters. The number of pyridine rings is 1. The molecule has 104 valence electrons. The van der Waals surface area contributed by atoms with Gasteiger partial charge in [-0.2, -0.15) is 0 Å². The molecule has 0 amide bonds. The largest absolute Gasteiger partial charge is 0.359 e. The number of fused-ring (bicyclic) bond motifs is 2. The Morgan fingerprint density at radius 1 is 1.19 bits per heavy atom. The van der Waals surface area contributed by atoms with Crippen molar-refractivity contribution in [3.05, 3.63) is 52.1 Å². The van der Waals surface area contributed by atoms with Gasteiger partial charge in [0, 0.05) is 28.5 Å². The van der Waals surface area contributed by atoms with Gasteiger partial charge in [0.25, 0.3) is 0 Å². The molecular weight excluding hydrogens is 346 g/mol. The van der Waals surface area contributed by atoms with Crippen molar-refractivity contribution in [2.75, 3.05) is 5.32 Å². The molecule has 3 nitrogen and oxygen atoms in total. The van der Waals surface area contributed by atoms with Crippen LogP contribution in [0, 0.1) is 6.92 Å². The zero-order valence-electron chi connectivity index (χ0n) is 11.3. The molecule has 0 aliphatic heterocycles. The highest BCUT2D eigenvalue weighted by molar-refractivity contribution is 9.11. The molecule has 4 aromatic rings. The van der Waals surface area contributed by atoms with Crippen LogP contribution in [0.2, 0.25) is 0 Å². The molecule has 3 aromatic heterocycles. The number of anilines is 2. The fourth-order valence-corrected chi connectivity index (χ4v) is 4.03. The van der Waals surface area contributed by atoms with Crippen molar-refractivity contribution in [3.8, 4) is 0 Å². The number of aromatic nitrogens is 2. The summed E-state index contributed by atoms with van der Waals surface area (Å²) in [6, 6.07) is 12.6. The van der Waals surface area contributed by atoms with E-state index in [4.69, 9.17) is 0 Å². The minimum absolute atomic E-state index is 1.01. The number of halogens is 1. The second-order valence-corrected chi connectivity index (χ2v) is 7.43. The third kappa shape index (κ3) is 2.32. The van der Waals surface area contributed by atoms with Crippen molar-refractivity contribution < 1.29 is 0 Å². The van der Waals surface area contributed by atoms with Crippen LogP contribution in [-0.2, 0) is 0 Å². The summed E-state index contributed by atoms with van der Waals surface area (Å²) in [4.78, 5) is 7.73. The summed E-state index contributed by atoms with van der Waals surface area (Å²) >= 11 is 5.22. The van der Waals surface area contributed by atoms with Crippen molar-refractivity contribution in [2.24, 2.45) is 0 Å². The van der Waals surface area contributed by atoms with Crippen LogP contribution in [0.1, 0.15) is 5.69 Å². The Bertz CT molecular complexity index is 955. The smallest absolute Gasteiger partial charge is 0.0842 e. The van der Waals surface area contributed by atoms with Gasteiger partial charge in [-0.25, -0.2) is 0 Å². The first-order chi connectivity index (χ1) is 10.2. The number of nitrogens with one attached hydrogen (secondary N) is 2. The van der Waals surface area contributed by atoms with Gasteiger partial charge in [0.1, 0.15) is 0 Å². The van der Waals surface area contributed by atoms with Gasteiger partial charge in [0.15, 0.2) is 0 Å². The van der Waals surface area contributed by atoms with Gasteiger partial charge in [-0.1, -0.05) is 0 Å². The Balaban J connectivity index is 1.78. The van der Waals surface area contributed by atoms with Gasteiger partial charge >= 0.3 is 0 Å². The lowest BCUT2D eigenvalue weighted by Crippen LogP contribution is -1.90. The lowest BCUT2D eigenvalue weighted by atomic mass is 10.2. The molecule has 5 heteroatoms. The number of H-pyrrole nitrogens is 1. The minimum atomic E-state index is 1.01. The molecule has 0 saturated carbocycles. The van der Waals surface area contributed by atoms with E-state index in [2.05, 4.69) is 62.4 Å². The van der Waals surface area contributed by atoms with Gasteiger partial charge in [-0.3, -0.25) is 4.98 Å². The van der Waals surface area contributed by atoms with Crippen LogP contribution in [0.25, 0.3) is 21.1 Å². The quantitative estimate of drug-likeness (QED) is 0.490. The number of nitrogens with zero attached hydrogens (tertiary/aromatic N) is 1. The molecule has 0 aliphatic rings. The van der Waals surface area contributed by atoms with Crippen molar-refractivity contribution in [1.29, 1.82) is 0 Å². The fraction of sp³-hybridized carbons (Fsp3) is 0.0625. The van der Waals surface area contributed by atoms with Gasteiger partial charge in [-0.05, 0) is 59.3 Å². The molecule has 0 bridgehead atoms. The van der Waals surface area contributed by atoms with Crippen molar-refractivity contribution in [3.63, 3.8) is 0 Å². The number of aromatic amines is 1.